The summed E-state index contributed by atoms with van der Waals surface area (Å²) in [4.78, 5) is 2.63. The molecule has 2 nitrogen and oxygen atoms in total. The molecule has 0 aromatic heterocycles. The Kier molecular flexibility index (Phi) is 10.6. The Morgan fingerprint density at radius 2 is 1.64 bits per heavy atom. The van der Waals surface area contributed by atoms with Gasteiger partial charge in [0.1, 0.15) is 0 Å². The van der Waals surface area contributed by atoms with Crippen molar-refractivity contribution in [2.24, 2.45) is 5.92 Å². The molecular weight excluding hydrogens is 322 g/mol. The quantitative estimate of drug-likeness (QED) is 0.225. The lowest BCUT2D eigenvalue weighted by molar-refractivity contribution is 0.0205. The number of nitrogens with zero attached hydrogens (tertiary/aromatic N) is 1. The second-order valence-corrected chi connectivity index (χ2v) is 14.1. The normalized spacial score (nSPS) is 14.7. The van der Waals surface area contributed by atoms with Gasteiger partial charge in [-0.05, 0) is 30.5 Å². The molecule has 0 spiro atoms. The van der Waals surface area contributed by atoms with Crippen LogP contribution < -0.4 is 0 Å². The van der Waals surface area contributed by atoms with E-state index in [2.05, 4.69) is 68.7 Å². The highest BCUT2D eigenvalue weighted by atomic mass is 28.3. The first-order valence-corrected chi connectivity index (χ1v) is 13.9. The van der Waals surface area contributed by atoms with Crippen molar-refractivity contribution in [1.82, 2.24) is 4.90 Å². The first-order chi connectivity index (χ1) is 11.9. The van der Waals surface area contributed by atoms with Crippen molar-refractivity contribution in [1.29, 1.82) is 0 Å². The van der Waals surface area contributed by atoms with Gasteiger partial charge < -0.3 is 4.74 Å². The van der Waals surface area contributed by atoms with E-state index < -0.39 is 8.07 Å². The molecule has 1 aromatic rings. The van der Waals surface area contributed by atoms with Gasteiger partial charge in [-0.15, -0.1) is 0 Å². The lowest BCUT2D eigenvalue weighted by Gasteiger charge is -2.40. The van der Waals surface area contributed by atoms with Gasteiger partial charge in [-0.1, -0.05) is 89.5 Å². The Balaban J connectivity index is 3.14. The summed E-state index contributed by atoms with van der Waals surface area (Å²) in [5.41, 5.74) is 1.47. The van der Waals surface area contributed by atoms with Crippen molar-refractivity contribution in [3.8, 4) is 0 Å². The topological polar surface area (TPSA) is 12.5 Å². The maximum Gasteiger partial charge on any atom is 0.0988 e. The molecule has 0 saturated heterocycles. The van der Waals surface area contributed by atoms with Crippen LogP contribution in [0.15, 0.2) is 30.3 Å². The zero-order valence-corrected chi connectivity index (χ0v) is 18.6. The molecular formula is C22H41NOSi. The Morgan fingerprint density at radius 1 is 0.960 bits per heavy atom. The molecule has 144 valence electrons. The second kappa shape index (κ2) is 11.9. The molecule has 0 radical (unpaired) electrons. The lowest BCUT2D eigenvalue weighted by Crippen LogP contribution is -2.45. The summed E-state index contributed by atoms with van der Waals surface area (Å²) in [5, 5.41) is 0. The van der Waals surface area contributed by atoms with Crippen molar-refractivity contribution < 1.29 is 4.74 Å². The molecule has 0 aliphatic carbocycles. The van der Waals surface area contributed by atoms with Crippen LogP contribution in [-0.2, 0) is 4.74 Å². The molecule has 1 rings (SSSR count). The summed E-state index contributed by atoms with van der Waals surface area (Å²) in [6.45, 7) is 12.7. The molecule has 0 N–H and O–H groups in total. The molecule has 0 aliphatic rings. The van der Waals surface area contributed by atoms with Crippen molar-refractivity contribution in [3.05, 3.63) is 35.9 Å². The Hall–Kier alpha value is -0.643. The van der Waals surface area contributed by atoms with Crippen LogP contribution in [0.4, 0.5) is 0 Å². The summed E-state index contributed by atoms with van der Waals surface area (Å²) >= 11 is 0. The van der Waals surface area contributed by atoms with E-state index in [4.69, 9.17) is 4.74 Å². The number of hydrogen-bond acceptors (Lipinski definition) is 2. The van der Waals surface area contributed by atoms with Crippen LogP contribution in [0.5, 0.6) is 0 Å². The zero-order chi connectivity index (χ0) is 18.7. The molecule has 0 heterocycles. The molecule has 1 aromatic carbocycles. The average molecular weight is 364 g/mol. The molecule has 2 unspecified atom stereocenters. The van der Waals surface area contributed by atoms with Gasteiger partial charge >= 0.3 is 0 Å². The van der Waals surface area contributed by atoms with Gasteiger partial charge in [-0.2, -0.15) is 0 Å². The highest BCUT2D eigenvalue weighted by molar-refractivity contribution is 6.76. The van der Waals surface area contributed by atoms with Crippen LogP contribution in [0.1, 0.15) is 64.0 Å². The van der Waals surface area contributed by atoms with Gasteiger partial charge in [0.05, 0.1) is 14.8 Å². The maximum absolute atomic E-state index is 5.65. The van der Waals surface area contributed by atoms with Crippen molar-refractivity contribution >= 4 is 8.07 Å². The van der Waals surface area contributed by atoms with E-state index in [1.807, 2.05) is 7.11 Å². The molecule has 0 aliphatic heterocycles. The van der Waals surface area contributed by atoms with E-state index in [1.165, 1.54) is 50.3 Å². The van der Waals surface area contributed by atoms with Crippen LogP contribution in [0.25, 0.3) is 0 Å². The van der Waals surface area contributed by atoms with E-state index in [-0.39, 0.29) is 0 Å². The van der Waals surface area contributed by atoms with E-state index in [9.17, 15) is 0 Å². The molecule has 25 heavy (non-hydrogen) atoms. The average Bonchev–Trinajstić information content (AvgIpc) is 2.55. The fraction of sp³-hybridized carbons (Fsp3) is 0.727. The molecule has 0 saturated carbocycles. The van der Waals surface area contributed by atoms with E-state index in [1.54, 1.807) is 0 Å². The molecule has 3 heteroatoms. The van der Waals surface area contributed by atoms with E-state index >= 15 is 0 Å². The van der Waals surface area contributed by atoms with Gasteiger partial charge in [-0.3, -0.25) is 4.90 Å². The van der Waals surface area contributed by atoms with Crippen LogP contribution in [0.2, 0.25) is 19.6 Å². The van der Waals surface area contributed by atoms with Crippen LogP contribution >= 0.6 is 0 Å². The largest absolute Gasteiger partial charge is 0.369 e. The summed E-state index contributed by atoms with van der Waals surface area (Å²) in [6.07, 6.45) is 9.06. The highest BCUT2D eigenvalue weighted by Gasteiger charge is 2.31. The standard InChI is InChI=1S/C22H41NOSi/c1-7-9-11-15-20(14-8-2)22(21-16-12-10-13-17-21)23(18-24-3)19-25(4,5)6/h10,12-13,16-17,20,22H,7-9,11,14-15,18-19H2,1-6H3. The van der Waals surface area contributed by atoms with E-state index in [0.29, 0.717) is 12.0 Å². The first kappa shape index (κ1) is 22.4. The first-order valence-electron chi connectivity index (χ1n) is 10.2. The minimum Gasteiger partial charge on any atom is -0.369 e. The summed E-state index contributed by atoms with van der Waals surface area (Å²) in [6, 6.07) is 11.6. The number of ether oxygens (including phenoxy) is 1. The SMILES string of the molecule is CCCCCC(CCC)C(c1ccccc1)N(COC)C[Si](C)(C)C. The molecule has 0 amide bonds. The number of benzene rings is 1. The monoisotopic (exact) mass is 363 g/mol. The number of rotatable bonds is 13. The van der Waals surface area contributed by atoms with Crippen LogP contribution in [0.3, 0.4) is 0 Å². The third-order valence-electron chi connectivity index (χ3n) is 4.79. The second-order valence-electron chi connectivity index (χ2n) is 8.63. The van der Waals surface area contributed by atoms with Crippen molar-refractivity contribution in [3.63, 3.8) is 0 Å². The van der Waals surface area contributed by atoms with Gasteiger partial charge in [0.2, 0.25) is 0 Å². The smallest absolute Gasteiger partial charge is 0.0988 e. The highest BCUT2D eigenvalue weighted by Crippen LogP contribution is 2.36. The Labute approximate surface area is 158 Å². The van der Waals surface area contributed by atoms with Gasteiger partial charge in [-0.25, -0.2) is 0 Å². The van der Waals surface area contributed by atoms with Crippen LogP contribution in [-0.4, -0.2) is 33.0 Å². The van der Waals surface area contributed by atoms with Gasteiger partial charge in [0.25, 0.3) is 0 Å². The third-order valence-corrected chi connectivity index (χ3v) is 6.15. The number of hydrogen-bond donors (Lipinski definition) is 0. The summed E-state index contributed by atoms with van der Waals surface area (Å²) in [7, 11) is 0.624. The molecule has 2 atom stereocenters. The van der Waals surface area contributed by atoms with Crippen molar-refractivity contribution in [2.75, 3.05) is 20.0 Å². The third kappa shape index (κ3) is 8.52. The fourth-order valence-electron chi connectivity index (χ4n) is 3.92. The minimum absolute atomic E-state index is 0.477. The minimum atomic E-state index is -1.21. The predicted molar refractivity (Wildman–Crippen MR) is 114 cm³/mol. The predicted octanol–water partition coefficient (Wildman–Crippen LogP) is 6.51. The van der Waals surface area contributed by atoms with Gasteiger partial charge in [0, 0.05) is 13.2 Å². The molecule has 0 fully saturated rings. The number of methoxy groups -OCH3 is 1. The summed E-state index contributed by atoms with van der Waals surface area (Å²) < 4.78 is 5.65. The zero-order valence-electron chi connectivity index (χ0n) is 17.6. The Morgan fingerprint density at radius 3 is 2.16 bits per heavy atom. The molecule has 0 bridgehead atoms. The Bertz CT molecular complexity index is 443. The van der Waals surface area contributed by atoms with E-state index in [0.717, 1.165) is 6.73 Å². The number of unbranched alkanes of at least 4 members (excludes halogenated alkanes) is 2. The summed E-state index contributed by atoms with van der Waals surface area (Å²) in [5.74, 6) is 0.713. The lowest BCUT2D eigenvalue weighted by atomic mass is 9.84. The van der Waals surface area contributed by atoms with Gasteiger partial charge in [0.15, 0.2) is 0 Å². The van der Waals surface area contributed by atoms with Crippen LogP contribution in [0, 0.1) is 5.92 Å². The van der Waals surface area contributed by atoms with Crippen molar-refractivity contribution in [2.45, 2.75) is 78.1 Å². The fourth-order valence-corrected chi connectivity index (χ4v) is 5.42. The maximum atomic E-state index is 5.65.